The van der Waals surface area contributed by atoms with Gasteiger partial charge in [-0.1, -0.05) is 61.7 Å². The molecule has 0 unspecified atom stereocenters. The smallest absolute Gasteiger partial charge is 0.116 e. The zero-order valence-electron chi connectivity index (χ0n) is 22.7. The Bertz CT molecular complexity index is 1880. The Morgan fingerprint density at radius 1 is 0.976 bits per heavy atom. The SMILES string of the molecule is C=C/C=C(/c1cccnc1)c1cc(-c2n[nH]c3cnc(-c4cncc(NC(=C)Cc5ccccc5)c4)cc23)[nH]c1C. The third kappa shape index (κ3) is 5.46. The molecule has 0 fully saturated rings. The summed E-state index contributed by atoms with van der Waals surface area (Å²) in [5.74, 6) is 0. The van der Waals surface area contributed by atoms with E-state index >= 15 is 0 Å². The van der Waals surface area contributed by atoms with E-state index in [1.807, 2.05) is 67.1 Å². The van der Waals surface area contributed by atoms with E-state index in [2.05, 4.69) is 73.7 Å². The van der Waals surface area contributed by atoms with Crippen molar-refractivity contribution in [2.75, 3.05) is 5.32 Å². The quantitative estimate of drug-likeness (QED) is 0.167. The first-order chi connectivity index (χ1) is 20.1. The number of fused-ring (bicyclic) bond motifs is 1. The van der Waals surface area contributed by atoms with Crippen molar-refractivity contribution in [1.29, 1.82) is 0 Å². The lowest BCUT2D eigenvalue weighted by Crippen LogP contribution is -2.02. The molecule has 6 aromatic rings. The average molecular weight is 536 g/mol. The van der Waals surface area contributed by atoms with E-state index in [0.29, 0.717) is 0 Å². The number of aromatic nitrogens is 6. The summed E-state index contributed by atoms with van der Waals surface area (Å²) in [4.78, 5) is 17.0. The van der Waals surface area contributed by atoms with E-state index in [4.69, 9.17) is 0 Å². The van der Waals surface area contributed by atoms with E-state index in [1.54, 1.807) is 18.5 Å². The molecule has 0 bridgehead atoms. The van der Waals surface area contributed by atoms with E-state index in [1.165, 1.54) is 5.56 Å². The minimum absolute atomic E-state index is 0.732. The first-order valence-electron chi connectivity index (χ1n) is 13.3. The first kappa shape index (κ1) is 25.7. The van der Waals surface area contributed by atoms with Crippen LogP contribution in [0.15, 0.2) is 123 Å². The molecule has 7 heteroatoms. The van der Waals surface area contributed by atoms with Crippen molar-refractivity contribution in [2.45, 2.75) is 13.3 Å². The average Bonchev–Trinajstić information content (AvgIpc) is 3.59. The number of aromatic amines is 2. The Kier molecular flexibility index (Phi) is 7.07. The van der Waals surface area contributed by atoms with Crippen LogP contribution >= 0.6 is 0 Å². The van der Waals surface area contributed by atoms with E-state index in [-0.39, 0.29) is 0 Å². The van der Waals surface area contributed by atoms with Crippen LogP contribution in [0.1, 0.15) is 22.4 Å². The van der Waals surface area contributed by atoms with Gasteiger partial charge in [0.05, 0.1) is 35.0 Å². The highest BCUT2D eigenvalue weighted by molar-refractivity contribution is 5.95. The second-order valence-corrected chi connectivity index (χ2v) is 9.82. The minimum Gasteiger partial charge on any atom is -0.358 e. The Balaban J connectivity index is 1.30. The van der Waals surface area contributed by atoms with Crippen molar-refractivity contribution < 1.29 is 0 Å². The topological polar surface area (TPSA) is 95.2 Å². The number of nitrogens with one attached hydrogen (secondary N) is 3. The van der Waals surface area contributed by atoms with Gasteiger partial charge in [0.15, 0.2) is 0 Å². The summed E-state index contributed by atoms with van der Waals surface area (Å²) in [5.41, 5.74) is 11.4. The van der Waals surface area contributed by atoms with Gasteiger partial charge in [-0.15, -0.1) is 0 Å². The number of H-pyrrole nitrogens is 2. The number of benzene rings is 1. The second-order valence-electron chi connectivity index (χ2n) is 9.82. The summed E-state index contributed by atoms with van der Waals surface area (Å²) in [6.45, 7) is 10.2. The van der Waals surface area contributed by atoms with Gasteiger partial charge >= 0.3 is 0 Å². The Labute approximate surface area is 238 Å². The van der Waals surface area contributed by atoms with Gasteiger partial charge < -0.3 is 10.3 Å². The zero-order chi connectivity index (χ0) is 28.2. The fraction of sp³-hybridized carbons (Fsp3) is 0.0588. The molecule has 1 aromatic carbocycles. The molecule has 0 saturated carbocycles. The largest absolute Gasteiger partial charge is 0.358 e. The molecule has 0 aliphatic rings. The van der Waals surface area contributed by atoms with Crippen LogP contribution in [0.2, 0.25) is 0 Å². The van der Waals surface area contributed by atoms with Gasteiger partial charge in [-0.25, -0.2) is 0 Å². The molecule has 5 aromatic heterocycles. The summed E-state index contributed by atoms with van der Waals surface area (Å²) >= 11 is 0. The van der Waals surface area contributed by atoms with Gasteiger partial charge in [0.1, 0.15) is 5.69 Å². The van der Waals surface area contributed by atoms with Gasteiger partial charge in [-0.05, 0) is 42.3 Å². The number of aryl methyl sites for hydroxylation is 1. The first-order valence-corrected chi connectivity index (χ1v) is 13.3. The highest BCUT2D eigenvalue weighted by atomic mass is 15.1. The molecular formula is C34H29N7. The van der Waals surface area contributed by atoms with Gasteiger partial charge in [0.25, 0.3) is 0 Å². The third-order valence-electron chi connectivity index (χ3n) is 6.88. The van der Waals surface area contributed by atoms with Crippen LogP contribution in [0.4, 0.5) is 5.69 Å². The molecule has 6 rings (SSSR count). The maximum atomic E-state index is 4.69. The zero-order valence-corrected chi connectivity index (χ0v) is 22.7. The maximum Gasteiger partial charge on any atom is 0.116 e. The lowest BCUT2D eigenvalue weighted by molar-refractivity contribution is 1.11. The molecule has 41 heavy (non-hydrogen) atoms. The van der Waals surface area contributed by atoms with Crippen LogP contribution in [0.3, 0.4) is 0 Å². The van der Waals surface area contributed by atoms with Crippen LogP contribution in [-0.4, -0.2) is 30.1 Å². The molecule has 0 aliphatic carbocycles. The Morgan fingerprint density at radius 2 is 1.85 bits per heavy atom. The summed E-state index contributed by atoms with van der Waals surface area (Å²) in [7, 11) is 0. The predicted octanol–water partition coefficient (Wildman–Crippen LogP) is 7.50. The summed E-state index contributed by atoms with van der Waals surface area (Å²) < 4.78 is 0. The van der Waals surface area contributed by atoms with E-state index in [9.17, 15) is 0 Å². The number of anilines is 1. The second kappa shape index (κ2) is 11.3. The predicted molar refractivity (Wildman–Crippen MR) is 166 cm³/mol. The number of rotatable bonds is 9. The molecule has 0 atom stereocenters. The van der Waals surface area contributed by atoms with Gasteiger partial charge in [-0.3, -0.25) is 20.1 Å². The summed E-state index contributed by atoms with van der Waals surface area (Å²) in [5, 5.41) is 12.1. The van der Waals surface area contributed by atoms with Crippen molar-refractivity contribution in [3.63, 3.8) is 0 Å². The van der Waals surface area contributed by atoms with Gasteiger partial charge in [-0.2, -0.15) is 5.10 Å². The number of hydrogen-bond acceptors (Lipinski definition) is 5. The van der Waals surface area contributed by atoms with Crippen LogP contribution < -0.4 is 5.32 Å². The fourth-order valence-electron chi connectivity index (χ4n) is 4.97. The minimum atomic E-state index is 0.732. The van der Waals surface area contributed by atoms with E-state index < -0.39 is 0 Å². The van der Waals surface area contributed by atoms with Crippen molar-refractivity contribution in [2.24, 2.45) is 0 Å². The molecule has 5 heterocycles. The number of pyridine rings is 3. The summed E-state index contributed by atoms with van der Waals surface area (Å²) in [6.07, 6.45) is 13.6. The molecular weight excluding hydrogens is 506 g/mol. The van der Waals surface area contributed by atoms with Crippen molar-refractivity contribution in [1.82, 2.24) is 30.1 Å². The van der Waals surface area contributed by atoms with Crippen LogP contribution in [-0.2, 0) is 6.42 Å². The highest BCUT2D eigenvalue weighted by Gasteiger charge is 2.17. The Hall–Kier alpha value is -5.56. The third-order valence-corrected chi connectivity index (χ3v) is 6.88. The fourth-order valence-corrected chi connectivity index (χ4v) is 4.97. The molecule has 3 N–H and O–H groups in total. The van der Waals surface area contributed by atoms with Gasteiger partial charge in [0.2, 0.25) is 0 Å². The standard InChI is InChI=1S/C34H29N7/c1-4-9-28(25-12-8-13-35-18-25)29-16-32(39-23(29)3)34-30-17-31(37-21-33(30)40-41-34)26-15-27(20-36-19-26)38-22(2)14-24-10-6-5-7-11-24/h4-13,15-21,38-39H,1-2,14H2,3H3,(H,40,41)/b28-9-. The molecule has 0 spiro atoms. The van der Waals surface area contributed by atoms with Crippen LogP contribution in [0.5, 0.6) is 0 Å². The Morgan fingerprint density at radius 3 is 2.66 bits per heavy atom. The molecule has 0 amide bonds. The molecule has 0 saturated heterocycles. The number of hydrogen-bond donors (Lipinski definition) is 3. The maximum absolute atomic E-state index is 4.69. The van der Waals surface area contributed by atoms with Crippen LogP contribution in [0.25, 0.3) is 39.1 Å². The monoisotopic (exact) mass is 535 g/mol. The van der Waals surface area contributed by atoms with E-state index in [0.717, 1.165) is 73.7 Å². The van der Waals surface area contributed by atoms with Crippen molar-refractivity contribution in [3.8, 4) is 22.6 Å². The lowest BCUT2D eigenvalue weighted by Gasteiger charge is -2.11. The van der Waals surface area contributed by atoms with Crippen molar-refractivity contribution in [3.05, 3.63) is 145 Å². The molecule has 200 valence electrons. The molecule has 7 nitrogen and oxygen atoms in total. The number of allylic oxidation sites excluding steroid dienone is 3. The molecule has 0 aliphatic heterocycles. The van der Waals surface area contributed by atoms with Crippen LogP contribution in [0, 0.1) is 6.92 Å². The lowest BCUT2D eigenvalue weighted by atomic mass is 9.99. The summed E-state index contributed by atoms with van der Waals surface area (Å²) in [6, 6.07) is 20.4. The molecule has 0 radical (unpaired) electrons. The van der Waals surface area contributed by atoms with Crippen molar-refractivity contribution >= 4 is 22.2 Å². The highest BCUT2D eigenvalue weighted by Crippen LogP contribution is 2.34. The number of nitrogens with zero attached hydrogens (tertiary/aromatic N) is 4. The normalized spacial score (nSPS) is 11.5. The van der Waals surface area contributed by atoms with Gasteiger partial charge in [0, 0.05) is 58.5 Å².